The van der Waals surface area contributed by atoms with Crippen LogP contribution in [0.5, 0.6) is 5.75 Å². The molecule has 1 aromatic heterocycles. The summed E-state index contributed by atoms with van der Waals surface area (Å²) in [7, 11) is 0. The molecule has 78 valence electrons. The van der Waals surface area contributed by atoms with Crippen molar-refractivity contribution in [1.29, 1.82) is 0 Å². The van der Waals surface area contributed by atoms with Gasteiger partial charge in [0.25, 0.3) is 0 Å². The van der Waals surface area contributed by atoms with Gasteiger partial charge >= 0.3 is 0 Å². The van der Waals surface area contributed by atoms with Gasteiger partial charge in [0.15, 0.2) is 5.76 Å². The lowest BCUT2D eigenvalue weighted by molar-refractivity contribution is 0.426. The van der Waals surface area contributed by atoms with Gasteiger partial charge in [-0.05, 0) is 19.1 Å². The van der Waals surface area contributed by atoms with E-state index in [1.807, 2.05) is 6.92 Å². The molecule has 0 unspecified atom stereocenters. The van der Waals surface area contributed by atoms with E-state index >= 15 is 0 Å². The molecule has 1 heterocycles. The first-order chi connectivity index (χ1) is 7.09. The van der Waals surface area contributed by atoms with E-state index < -0.39 is 0 Å². The van der Waals surface area contributed by atoms with E-state index in [0.29, 0.717) is 16.3 Å². The van der Waals surface area contributed by atoms with E-state index in [-0.39, 0.29) is 10.8 Å². The Kier molecular flexibility index (Phi) is 2.59. The van der Waals surface area contributed by atoms with Crippen LogP contribution in [0.3, 0.4) is 0 Å². The third-order valence-electron chi connectivity index (χ3n) is 2.02. The third kappa shape index (κ3) is 1.80. The molecule has 2 rings (SSSR count). The largest absolute Gasteiger partial charge is 0.506 e. The first kappa shape index (κ1) is 10.3. The highest BCUT2D eigenvalue weighted by atomic mass is 35.5. The van der Waals surface area contributed by atoms with Gasteiger partial charge in [0.1, 0.15) is 5.75 Å². The zero-order chi connectivity index (χ0) is 11.0. The number of aryl methyl sites for hydroxylation is 1. The van der Waals surface area contributed by atoms with Gasteiger partial charge in [-0.2, -0.15) is 0 Å². The normalized spacial score (nSPS) is 10.6. The summed E-state index contributed by atoms with van der Waals surface area (Å²) in [5.41, 5.74) is 1.26. The molecule has 5 heteroatoms. The topological polar surface area (TPSA) is 46.3 Å². The van der Waals surface area contributed by atoms with Crippen LogP contribution in [0, 0.1) is 6.92 Å². The standard InChI is InChI=1S/C10H7Cl2NO2/c1-5-4-13-15-10(5)7-2-6(11)3-8(12)9(7)14/h2-4,14H,1H3. The van der Waals surface area contributed by atoms with Crippen molar-refractivity contribution in [2.24, 2.45) is 0 Å². The van der Waals surface area contributed by atoms with Crippen LogP contribution < -0.4 is 0 Å². The van der Waals surface area contributed by atoms with Crippen molar-refractivity contribution >= 4 is 23.2 Å². The minimum atomic E-state index is -0.0547. The van der Waals surface area contributed by atoms with Crippen molar-refractivity contribution in [3.8, 4) is 17.1 Å². The predicted molar refractivity (Wildman–Crippen MR) is 58.4 cm³/mol. The molecule has 0 bridgehead atoms. The molecular weight excluding hydrogens is 237 g/mol. The number of hydrogen-bond acceptors (Lipinski definition) is 3. The van der Waals surface area contributed by atoms with Gasteiger partial charge in [-0.15, -0.1) is 0 Å². The van der Waals surface area contributed by atoms with E-state index in [1.54, 1.807) is 12.3 Å². The Morgan fingerprint density at radius 1 is 1.33 bits per heavy atom. The summed E-state index contributed by atoms with van der Waals surface area (Å²) >= 11 is 11.6. The van der Waals surface area contributed by atoms with Crippen LogP contribution in [0.4, 0.5) is 0 Å². The average molecular weight is 244 g/mol. The van der Waals surface area contributed by atoms with E-state index in [9.17, 15) is 5.11 Å². The molecule has 0 spiro atoms. The molecule has 0 aliphatic heterocycles. The summed E-state index contributed by atoms with van der Waals surface area (Å²) < 4.78 is 5.01. The quantitative estimate of drug-likeness (QED) is 0.832. The molecule has 0 radical (unpaired) electrons. The molecule has 0 aliphatic carbocycles. The number of hydrogen-bond donors (Lipinski definition) is 1. The summed E-state index contributed by atoms with van der Waals surface area (Å²) in [4.78, 5) is 0. The number of nitrogens with zero attached hydrogens (tertiary/aromatic N) is 1. The highest BCUT2D eigenvalue weighted by Gasteiger charge is 2.15. The summed E-state index contributed by atoms with van der Waals surface area (Å²) in [5, 5.41) is 14.0. The summed E-state index contributed by atoms with van der Waals surface area (Å²) in [6, 6.07) is 3.05. The van der Waals surface area contributed by atoms with Gasteiger partial charge in [0.2, 0.25) is 0 Å². The van der Waals surface area contributed by atoms with Crippen molar-refractivity contribution in [2.45, 2.75) is 6.92 Å². The maximum Gasteiger partial charge on any atom is 0.173 e. The molecule has 0 atom stereocenters. The fraction of sp³-hybridized carbons (Fsp3) is 0.100. The Morgan fingerprint density at radius 2 is 2.07 bits per heavy atom. The Bertz CT molecular complexity index is 508. The molecule has 2 aromatic rings. The van der Waals surface area contributed by atoms with Gasteiger partial charge in [0.05, 0.1) is 16.8 Å². The second-order valence-electron chi connectivity index (χ2n) is 3.12. The molecule has 0 amide bonds. The van der Waals surface area contributed by atoms with Gasteiger partial charge < -0.3 is 9.63 Å². The van der Waals surface area contributed by atoms with Crippen molar-refractivity contribution in [2.75, 3.05) is 0 Å². The van der Waals surface area contributed by atoms with Gasteiger partial charge in [0, 0.05) is 10.6 Å². The average Bonchev–Trinajstić information content (AvgIpc) is 2.58. The van der Waals surface area contributed by atoms with E-state index in [1.165, 1.54) is 6.07 Å². The fourth-order valence-corrected chi connectivity index (χ4v) is 1.78. The Labute approximate surface area is 96.2 Å². The molecule has 0 saturated heterocycles. The highest BCUT2D eigenvalue weighted by Crippen LogP contribution is 2.38. The van der Waals surface area contributed by atoms with Crippen LogP contribution in [0.1, 0.15) is 5.56 Å². The zero-order valence-electron chi connectivity index (χ0n) is 7.79. The number of rotatable bonds is 1. The maximum absolute atomic E-state index is 9.74. The lowest BCUT2D eigenvalue weighted by Gasteiger charge is -2.04. The molecule has 0 aliphatic rings. The van der Waals surface area contributed by atoms with Crippen molar-refractivity contribution in [3.05, 3.63) is 33.9 Å². The lowest BCUT2D eigenvalue weighted by atomic mass is 10.1. The minimum Gasteiger partial charge on any atom is -0.506 e. The first-order valence-corrected chi connectivity index (χ1v) is 4.95. The molecule has 1 N–H and O–H groups in total. The molecule has 15 heavy (non-hydrogen) atoms. The van der Waals surface area contributed by atoms with E-state index in [4.69, 9.17) is 27.7 Å². The maximum atomic E-state index is 9.74. The molecule has 0 saturated carbocycles. The van der Waals surface area contributed by atoms with E-state index in [2.05, 4.69) is 5.16 Å². The number of benzene rings is 1. The fourth-order valence-electron chi connectivity index (χ4n) is 1.29. The van der Waals surface area contributed by atoms with Crippen LogP contribution in [-0.2, 0) is 0 Å². The van der Waals surface area contributed by atoms with Crippen LogP contribution in [-0.4, -0.2) is 10.3 Å². The Morgan fingerprint density at radius 3 is 2.67 bits per heavy atom. The van der Waals surface area contributed by atoms with Crippen LogP contribution in [0.15, 0.2) is 22.9 Å². The number of aromatic nitrogens is 1. The minimum absolute atomic E-state index is 0.0547. The SMILES string of the molecule is Cc1cnoc1-c1cc(Cl)cc(Cl)c1O. The summed E-state index contributed by atoms with van der Waals surface area (Å²) in [5.74, 6) is 0.415. The number of halogens is 2. The number of aromatic hydroxyl groups is 1. The molecular formula is C10H7Cl2NO2. The van der Waals surface area contributed by atoms with Crippen LogP contribution >= 0.6 is 23.2 Å². The lowest BCUT2D eigenvalue weighted by Crippen LogP contribution is -1.81. The smallest absolute Gasteiger partial charge is 0.173 e. The van der Waals surface area contributed by atoms with Gasteiger partial charge in [-0.25, -0.2) is 0 Å². The molecule has 0 fully saturated rings. The summed E-state index contributed by atoms with van der Waals surface area (Å²) in [6.45, 7) is 1.82. The van der Waals surface area contributed by atoms with E-state index in [0.717, 1.165) is 5.56 Å². The van der Waals surface area contributed by atoms with Gasteiger partial charge in [-0.1, -0.05) is 28.4 Å². The first-order valence-electron chi connectivity index (χ1n) is 4.19. The molecule has 1 aromatic carbocycles. The van der Waals surface area contributed by atoms with Crippen molar-refractivity contribution in [3.63, 3.8) is 0 Å². The second-order valence-corrected chi connectivity index (χ2v) is 3.97. The highest BCUT2D eigenvalue weighted by molar-refractivity contribution is 6.36. The predicted octanol–water partition coefficient (Wildman–Crippen LogP) is 3.66. The zero-order valence-corrected chi connectivity index (χ0v) is 9.30. The van der Waals surface area contributed by atoms with Crippen LogP contribution in [0.2, 0.25) is 10.0 Å². The van der Waals surface area contributed by atoms with Gasteiger partial charge in [-0.3, -0.25) is 0 Å². The Hall–Kier alpha value is -1.19. The summed E-state index contributed by atoms with van der Waals surface area (Å²) in [6.07, 6.45) is 1.56. The van der Waals surface area contributed by atoms with Crippen molar-refractivity contribution in [1.82, 2.24) is 5.16 Å². The molecule has 3 nitrogen and oxygen atoms in total. The number of phenolic OH excluding ortho intramolecular Hbond substituents is 1. The second kappa shape index (κ2) is 3.76. The number of phenols is 1. The Balaban J connectivity index is 2.68. The monoisotopic (exact) mass is 243 g/mol. The third-order valence-corrected chi connectivity index (χ3v) is 2.53. The van der Waals surface area contributed by atoms with Crippen LogP contribution in [0.25, 0.3) is 11.3 Å². The van der Waals surface area contributed by atoms with Crippen molar-refractivity contribution < 1.29 is 9.63 Å².